The van der Waals surface area contributed by atoms with Crippen molar-refractivity contribution in [2.75, 3.05) is 49.2 Å². The van der Waals surface area contributed by atoms with Crippen LogP contribution in [0.1, 0.15) is 33.6 Å². The Morgan fingerprint density at radius 1 is 1.12 bits per heavy atom. The van der Waals surface area contributed by atoms with Crippen molar-refractivity contribution in [1.29, 1.82) is 0 Å². The second-order valence-corrected chi connectivity index (χ2v) is 14.4. The van der Waals surface area contributed by atoms with Crippen molar-refractivity contribution in [3.05, 3.63) is 6.20 Å². The van der Waals surface area contributed by atoms with Gasteiger partial charge in [-0.3, -0.25) is 0 Å². The van der Waals surface area contributed by atoms with Crippen LogP contribution >= 0.6 is 11.3 Å². The van der Waals surface area contributed by atoms with Gasteiger partial charge in [0.05, 0.1) is 19.4 Å². The first kappa shape index (κ1) is 19.1. The summed E-state index contributed by atoms with van der Waals surface area (Å²) in [6.45, 7) is 17.3. The van der Waals surface area contributed by atoms with E-state index in [0.29, 0.717) is 6.10 Å². The molecule has 7 heteroatoms. The third-order valence-electron chi connectivity index (χ3n) is 5.78. The summed E-state index contributed by atoms with van der Waals surface area (Å²) in [5.41, 5.74) is 0. The molecule has 0 amide bonds. The van der Waals surface area contributed by atoms with Crippen LogP contribution in [0.3, 0.4) is 0 Å². The fourth-order valence-corrected chi connectivity index (χ4v) is 5.54. The van der Waals surface area contributed by atoms with Gasteiger partial charge in [-0.1, -0.05) is 32.1 Å². The standard InChI is InChI=1S/C18H33N3O2SSi/c1-18(2,3)25(4,5)23-15-6-8-20(9-7-15)16-14-19-17(24-16)21-10-12-22-13-11-21/h14-15H,6-13H2,1-5H3. The molecule has 0 saturated carbocycles. The molecule has 5 nitrogen and oxygen atoms in total. The summed E-state index contributed by atoms with van der Waals surface area (Å²) in [5.74, 6) is 0. The van der Waals surface area contributed by atoms with Crippen molar-refractivity contribution in [1.82, 2.24) is 4.98 Å². The van der Waals surface area contributed by atoms with Crippen molar-refractivity contribution in [3.63, 3.8) is 0 Å². The Labute approximate surface area is 157 Å². The zero-order valence-corrected chi connectivity index (χ0v) is 18.2. The van der Waals surface area contributed by atoms with Crippen molar-refractivity contribution in [3.8, 4) is 0 Å². The van der Waals surface area contributed by atoms with Gasteiger partial charge in [0, 0.05) is 32.3 Å². The van der Waals surface area contributed by atoms with E-state index < -0.39 is 8.32 Å². The molecule has 0 aromatic carbocycles. The number of thiazole rings is 1. The molecule has 1 aromatic rings. The minimum Gasteiger partial charge on any atom is -0.414 e. The predicted molar refractivity (Wildman–Crippen MR) is 109 cm³/mol. The normalized spacial score (nSPS) is 21.0. The number of morpholine rings is 1. The van der Waals surface area contributed by atoms with Crippen LogP contribution in [0.2, 0.25) is 18.1 Å². The maximum Gasteiger partial charge on any atom is 0.192 e. The maximum absolute atomic E-state index is 6.61. The molecule has 0 aliphatic carbocycles. The van der Waals surface area contributed by atoms with Crippen LogP contribution in [0.15, 0.2) is 6.20 Å². The predicted octanol–water partition coefficient (Wildman–Crippen LogP) is 3.97. The van der Waals surface area contributed by atoms with E-state index in [0.717, 1.165) is 57.4 Å². The molecule has 3 heterocycles. The molecule has 0 spiro atoms. The third kappa shape index (κ3) is 4.56. The van der Waals surface area contributed by atoms with Crippen LogP contribution in [-0.2, 0) is 9.16 Å². The van der Waals surface area contributed by atoms with Gasteiger partial charge in [0.2, 0.25) is 0 Å². The topological polar surface area (TPSA) is 37.8 Å². The lowest BCUT2D eigenvalue weighted by Gasteiger charge is -2.42. The van der Waals surface area contributed by atoms with Gasteiger partial charge >= 0.3 is 0 Å². The zero-order chi connectivity index (χ0) is 18.1. The Morgan fingerprint density at radius 3 is 2.36 bits per heavy atom. The van der Waals surface area contributed by atoms with Crippen LogP contribution in [0.5, 0.6) is 0 Å². The molecule has 2 saturated heterocycles. The molecule has 0 bridgehead atoms. The van der Waals surface area contributed by atoms with Crippen LogP contribution < -0.4 is 9.80 Å². The van der Waals surface area contributed by atoms with Crippen molar-refractivity contribution < 1.29 is 9.16 Å². The number of hydrogen-bond acceptors (Lipinski definition) is 6. The van der Waals surface area contributed by atoms with Crippen molar-refractivity contribution in [2.45, 2.75) is 57.8 Å². The van der Waals surface area contributed by atoms with Gasteiger partial charge in [-0.25, -0.2) is 4.98 Å². The smallest absolute Gasteiger partial charge is 0.192 e. The SMILES string of the molecule is CC(C)(C)[Si](C)(C)OC1CCN(c2cnc(N3CCOCC3)s2)CC1. The average Bonchev–Trinajstić information content (AvgIpc) is 3.05. The first-order chi connectivity index (χ1) is 11.8. The van der Waals surface area contributed by atoms with Crippen molar-refractivity contribution in [2.24, 2.45) is 0 Å². The number of ether oxygens (including phenoxy) is 1. The summed E-state index contributed by atoms with van der Waals surface area (Å²) >= 11 is 1.82. The Morgan fingerprint density at radius 2 is 1.76 bits per heavy atom. The zero-order valence-electron chi connectivity index (χ0n) is 16.4. The molecule has 0 N–H and O–H groups in total. The molecule has 142 valence electrons. The first-order valence-corrected chi connectivity index (χ1v) is 13.2. The molecule has 25 heavy (non-hydrogen) atoms. The molecule has 0 radical (unpaired) electrons. The van der Waals surface area contributed by atoms with E-state index in [1.165, 1.54) is 5.00 Å². The molecule has 2 fully saturated rings. The first-order valence-electron chi connectivity index (χ1n) is 9.47. The minimum absolute atomic E-state index is 0.287. The monoisotopic (exact) mass is 383 g/mol. The highest BCUT2D eigenvalue weighted by molar-refractivity contribution is 7.19. The highest BCUT2D eigenvalue weighted by atomic mass is 32.1. The Balaban J connectivity index is 1.53. The number of rotatable bonds is 4. The van der Waals surface area contributed by atoms with Crippen LogP contribution in [0.4, 0.5) is 10.1 Å². The third-order valence-corrected chi connectivity index (χ3v) is 11.4. The Bertz CT molecular complexity index is 559. The second-order valence-electron chi connectivity index (χ2n) is 8.65. The summed E-state index contributed by atoms with van der Waals surface area (Å²) in [6.07, 6.45) is 4.71. The van der Waals surface area contributed by atoms with Crippen LogP contribution in [-0.4, -0.2) is 58.8 Å². The maximum atomic E-state index is 6.61. The number of hydrogen-bond donors (Lipinski definition) is 0. The van der Waals surface area contributed by atoms with E-state index in [1.807, 2.05) is 17.5 Å². The van der Waals surface area contributed by atoms with E-state index in [2.05, 4.69) is 48.6 Å². The van der Waals surface area contributed by atoms with Gasteiger partial charge in [0.15, 0.2) is 13.4 Å². The Kier molecular flexibility index (Phi) is 5.77. The van der Waals surface area contributed by atoms with Gasteiger partial charge in [-0.05, 0) is 31.0 Å². The molecule has 0 atom stereocenters. The summed E-state index contributed by atoms with van der Waals surface area (Å²) in [5, 5.41) is 2.72. The fraction of sp³-hybridized carbons (Fsp3) is 0.833. The van der Waals surface area contributed by atoms with E-state index in [1.54, 1.807) is 0 Å². The van der Waals surface area contributed by atoms with E-state index in [9.17, 15) is 0 Å². The lowest BCUT2D eigenvalue weighted by atomic mass is 10.1. The highest BCUT2D eigenvalue weighted by Gasteiger charge is 2.39. The molecular weight excluding hydrogens is 350 g/mol. The summed E-state index contributed by atoms with van der Waals surface area (Å²) in [6, 6.07) is 0. The van der Waals surface area contributed by atoms with E-state index in [4.69, 9.17) is 9.16 Å². The van der Waals surface area contributed by atoms with Gasteiger partial charge < -0.3 is 19.0 Å². The second kappa shape index (κ2) is 7.54. The lowest BCUT2D eigenvalue weighted by molar-refractivity contribution is 0.122. The average molecular weight is 384 g/mol. The number of anilines is 2. The largest absolute Gasteiger partial charge is 0.414 e. The fourth-order valence-electron chi connectivity index (χ4n) is 3.09. The highest BCUT2D eigenvalue weighted by Crippen LogP contribution is 2.39. The van der Waals surface area contributed by atoms with Crippen LogP contribution in [0.25, 0.3) is 0 Å². The van der Waals surface area contributed by atoms with Gasteiger partial charge in [0.25, 0.3) is 0 Å². The number of aromatic nitrogens is 1. The van der Waals surface area contributed by atoms with E-state index in [-0.39, 0.29) is 5.04 Å². The Hall–Kier alpha value is -0.633. The van der Waals surface area contributed by atoms with Gasteiger partial charge in [0.1, 0.15) is 5.00 Å². The summed E-state index contributed by atoms with van der Waals surface area (Å²) in [7, 11) is -1.66. The van der Waals surface area contributed by atoms with Gasteiger partial charge in [-0.2, -0.15) is 0 Å². The molecular formula is C18H33N3O2SSi. The summed E-state index contributed by atoms with van der Waals surface area (Å²) in [4.78, 5) is 9.47. The molecule has 2 aliphatic rings. The van der Waals surface area contributed by atoms with Crippen LogP contribution in [0, 0.1) is 0 Å². The summed E-state index contributed by atoms with van der Waals surface area (Å²) < 4.78 is 12.0. The molecule has 3 rings (SSSR count). The number of piperidine rings is 1. The van der Waals surface area contributed by atoms with E-state index >= 15 is 0 Å². The number of nitrogens with zero attached hydrogens (tertiary/aromatic N) is 3. The lowest BCUT2D eigenvalue weighted by Crippen LogP contribution is -2.47. The van der Waals surface area contributed by atoms with Crippen molar-refractivity contribution >= 4 is 29.8 Å². The quantitative estimate of drug-likeness (QED) is 0.736. The molecule has 2 aliphatic heterocycles. The van der Waals surface area contributed by atoms with Gasteiger partial charge in [-0.15, -0.1) is 0 Å². The minimum atomic E-state index is -1.66. The molecule has 1 aromatic heterocycles. The molecule has 0 unspecified atom stereocenters.